The van der Waals surface area contributed by atoms with E-state index in [0.717, 1.165) is 17.8 Å². The molecule has 0 aromatic carbocycles. The van der Waals surface area contributed by atoms with Gasteiger partial charge in [-0.25, -0.2) is 4.79 Å². The number of hydrogen-bond acceptors (Lipinski definition) is 3. The largest absolute Gasteiger partial charge is 0.431 e. The van der Waals surface area contributed by atoms with Crippen LogP contribution in [-0.4, -0.2) is 14.4 Å². The lowest BCUT2D eigenvalue weighted by atomic mass is 9.46. The number of hydrogen-bond donors (Lipinski definition) is 0. The Labute approximate surface area is 207 Å². The zero-order valence-corrected chi connectivity index (χ0v) is 23.6. The molecule has 188 valence electrons. The van der Waals surface area contributed by atoms with E-state index in [1.165, 1.54) is 56.9 Å². The molecule has 0 radical (unpaired) electrons. The summed E-state index contributed by atoms with van der Waals surface area (Å²) < 4.78 is 12.1. The lowest BCUT2D eigenvalue weighted by Gasteiger charge is -2.59. The number of allylic oxidation sites excluding steroid dienone is 1. The molecule has 3 nitrogen and oxygen atoms in total. The van der Waals surface area contributed by atoms with Gasteiger partial charge in [0.2, 0.25) is 0 Å². The molecule has 1 aromatic heterocycles. The molecule has 4 heteroatoms. The van der Waals surface area contributed by atoms with Crippen molar-refractivity contribution in [2.24, 2.45) is 28.6 Å². The summed E-state index contributed by atoms with van der Waals surface area (Å²) in [7, 11) is -1.75. The van der Waals surface area contributed by atoms with Crippen molar-refractivity contribution in [3.05, 3.63) is 46.0 Å². The van der Waals surface area contributed by atoms with Gasteiger partial charge in [-0.2, -0.15) is 0 Å². The van der Waals surface area contributed by atoms with Crippen molar-refractivity contribution in [3.8, 4) is 0 Å². The topological polar surface area (TPSA) is 39.4 Å². The summed E-state index contributed by atoms with van der Waals surface area (Å²) in [6.45, 7) is 17.0. The van der Waals surface area contributed by atoms with Crippen LogP contribution in [0.15, 0.2) is 39.3 Å². The van der Waals surface area contributed by atoms with E-state index in [4.69, 9.17) is 8.84 Å². The molecule has 34 heavy (non-hydrogen) atoms. The van der Waals surface area contributed by atoms with Gasteiger partial charge < -0.3 is 8.84 Å². The van der Waals surface area contributed by atoms with Crippen molar-refractivity contribution < 1.29 is 8.84 Å². The first kappa shape index (κ1) is 24.6. The Hall–Kier alpha value is -1.13. The highest BCUT2D eigenvalue weighted by Gasteiger charge is 2.59. The van der Waals surface area contributed by atoms with Gasteiger partial charge in [-0.3, -0.25) is 0 Å². The van der Waals surface area contributed by atoms with Crippen molar-refractivity contribution in [2.45, 2.75) is 116 Å². The summed E-state index contributed by atoms with van der Waals surface area (Å²) in [5.74, 6) is 2.97. The van der Waals surface area contributed by atoms with E-state index in [1.54, 1.807) is 17.9 Å². The van der Waals surface area contributed by atoms with Gasteiger partial charge in [-0.15, -0.1) is 0 Å². The molecule has 4 aliphatic rings. The van der Waals surface area contributed by atoms with Crippen LogP contribution in [-0.2, 0) is 4.43 Å². The molecule has 0 unspecified atom stereocenters. The highest BCUT2D eigenvalue weighted by atomic mass is 28.4. The molecule has 1 heterocycles. The maximum absolute atomic E-state index is 11.5. The average Bonchev–Trinajstić information content (AvgIpc) is 3.11. The van der Waals surface area contributed by atoms with Gasteiger partial charge in [0.05, 0.1) is 12.4 Å². The van der Waals surface area contributed by atoms with Crippen LogP contribution in [0.1, 0.15) is 97.5 Å². The second-order valence-corrected chi connectivity index (χ2v) is 18.8. The van der Waals surface area contributed by atoms with Crippen LogP contribution in [0.5, 0.6) is 0 Å². The molecule has 4 aliphatic carbocycles. The molecule has 3 saturated carbocycles. The summed E-state index contributed by atoms with van der Waals surface area (Å²) in [6, 6.07) is 3.64. The molecule has 7 atom stereocenters. The fraction of sp³-hybridized carbons (Fsp3) is 0.767. The maximum atomic E-state index is 11.5. The van der Waals surface area contributed by atoms with Gasteiger partial charge in [0.25, 0.3) is 0 Å². The standard InChI is InChI=1S/C30H46O3Si/c1-28(2,3)34(6,7)33-22-14-16-29(4)21(18-22)9-10-23-25-12-11-24(20-8-13-27(31)32-19-20)30(25,5)17-15-26(23)29/h8,13,18-19,22-26H,9-12,14-17H2,1-7H3/t22-,23-,24+,25+,26-,29-,30+/m0/s1. The van der Waals surface area contributed by atoms with E-state index in [1.807, 2.05) is 6.07 Å². The van der Waals surface area contributed by atoms with Gasteiger partial charge >= 0.3 is 5.63 Å². The average molecular weight is 483 g/mol. The zero-order chi connectivity index (χ0) is 24.5. The first-order valence-corrected chi connectivity index (χ1v) is 16.7. The Bertz CT molecular complexity index is 996. The Morgan fingerprint density at radius 2 is 1.76 bits per heavy atom. The molecule has 0 saturated heterocycles. The lowest BCUT2D eigenvalue weighted by molar-refractivity contribution is -0.0458. The molecular formula is C30H46O3Si. The third-order valence-electron chi connectivity index (χ3n) is 11.4. The fourth-order valence-electron chi connectivity index (χ4n) is 8.46. The smallest absolute Gasteiger partial charge is 0.335 e. The van der Waals surface area contributed by atoms with E-state index >= 15 is 0 Å². The van der Waals surface area contributed by atoms with Crippen LogP contribution in [0.25, 0.3) is 0 Å². The predicted molar refractivity (Wildman–Crippen MR) is 141 cm³/mol. The summed E-state index contributed by atoms with van der Waals surface area (Å²) >= 11 is 0. The van der Waals surface area contributed by atoms with Crippen molar-refractivity contribution in [1.29, 1.82) is 0 Å². The van der Waals surface area contributed by atoms with Gasteiger partial charge in [-0.1, -0.05) is 46.3 Å². The molecule has 0 amide bonds. The third kappa shape index (κ3) is 3.82. The van der Waals surface area contributed by atoms with Crippen molar-refractivity contribution in [3.63, 3.8) is 0 Å². The summed E-state index contributed by atoms with van der Waals surface area (Å²) in [6.07, 6.45) is 14.9. The third-order valence-corrected chi connectivity index (χ3v) is 16.0. The highest BCUT2D eigenvalue weighted by molar-refractivity contribution is 6.74. The van der Waals surface area contributed by atoms with Crippen molar-refractivity contribution in [1.82, 2.24) is 0 Å². The van der Waals surface area contributed by atoms with Gasteiger partial charge in [0, 0.05) is 6.07 Å². The summed E-state index contributed by atoms with van der Waals surface area (Å²) in [5.41, 5.74) is 3.41. The minimum atomic E-state index is -1.75. The van der Waals surface area contributed by atoms with E-state index in [9.17, 15) is 4.79 Å². The Balaban J connectivity index is 1.36. The molecular weight excluding hydrogens is 436 g/mol. The maximum Gasteiger partial charge on any atom is 0.335 e. The first-order chi connectivity index (χ1) is 15.8. The van der Waals surface area contributed by atoms with Crippen LogP contribution in [0.4, 0.5) is 0 Å². The molecule has 0 bridgehead atoms. The number of fused-ring (bicyclic) bond motifs is 5. The van der Waals surface area contributed by atoms with Gasteiger partial charge in [0.1, 0.15) is 0 Å². The predicted octanol–water partition coefficient (Wildman–Crippen LogP) is 8.08. The molecule has 1 aromatic rings. The Kier molecular flexibility index (Phi) is 5.92. The van der Waals surface area contributed by atoms with Gasteiger partial charge in [0.15, 0.2) is 8.32 Å². The molecule has 0 spiro atoms. The lowest BCUT2D eigenvalue weighted by Crippen LogP contribution is -2.51. The van der Waals surface area contributed by atoms with E-state index in [2.05, 4.69) is 53.8 Å². The van der Waals surface area contributed by atoms with Crippen LogP contribution in [0.3, 0.4) is 0 Å². The Morgan fingerprint density at radius 1 is 1.00 bits per heavy atom. The SMILES string of the molecule is CC(C)(C)[Si](C)(C)O[C@@H]1C=C2CC[C@H]3[C@H]4CC[C@H](c5ccc(=O)oc5)[C@@]4(C)CC[C@@H]3[C@@]2(C)CC1. The molecule has 3 fully saturated rings. The van der Waals surface area contributed by atoms with E-state index in [-0.39, 0.29) is 10.7 Å². The minimum Gasteiger partial charge on any atom is -0.431 e. The molecule has 0 aliphatic heterocycles. The monoisotopic (exact) mass is 482 g/mol. The molecule has 5 rings (SSSR count). The van der Waals surface area contributed by atoms with Crippen LogP contribution in [0, 0.1) is 28.6 Å². The first-order valence-electron chi connectivity index (χ1n) is 13.8. The Morgan fingerprint density at radius 3 is 2.44 bits per heavy atom. The highest BCUT2D eigenvalue weighted by Crippen LogP contribution is 2.68. The van der Waals surface area contributed by atoms with Crippen LogP contribution >= 0.6 is 0 Å². The summed E-state index contributed by atoms with van der Waals surface area (Å²) in [5, 5.41) is 0.262. The van der Waals surface area contributed by atoms with Crippen molar-refractivity contribution >= 4 is 8.32 Å². The quantitative estimate of drug-likeness (QED) is 0.323. The van der Waals surface area contributed by atoms with Crippen LogP contribution < -0.4 is 5.63 Å². The van der Waals surface area contributed by atoms with Crippen LogP contribution in [0.2, 0.25) is 18.1 Å². The summed E-state index contributed by atoms with van der Waals surface area (Å²) in [4.78, 5) is 11.5. The molecule has 0 N–H and O–H groups in total. The second-order valence-electron chi connectivity index (χ2n) is 14.0. The second kappa shape index (κ2) is 8.20. The zero-order valence-electron chi connectivity index (χ0n) is 22.6. The minimum absolute atomic E-state index is 0.236. The van der Waals surface area contributed by atoms with E-state index in [0.29, 0.717) is 22.9 Å². The van der Waals surface area contributed by atoms with E-state index < -0.39 is 8.32 Å². The fourth-order valence-corrected chi connectivity index (χ4v) is 9.76. The van der Waals surface area contributed by atoms with Gasteiger partial charge in [-0.05, 0) is 116 Å². The normalized spacial score (nSPS) is 40.2. The number of rotatable bonds is 3. The van der Waals surface area contributed by atoms with Crippen molar-refractivity contribution in [2.75, 3.05) is 0 Å².